The molecule has 22 heavy (non-hydrogen) atoms. The normalized spacial score (nSPS) is 13.9. The molecule has 0 saturated heterocycles. The molecule has 0 fully saturated rings. The number of aromatic amines is 1. The molecule has 4 rings (SSSR count). The molecular weight excluding hydrogens is 348 g/mol. The van der Waals surface area contributed by atoms with Gasteiger partial charge < -0.3 is 9.32 Å². The van der Waals surface area contributed by atoms with Gasteiger partial charge in [-0.2, -0.15) is 0 Å². The van der Waals surface area contributed by atoms with Crippen LogP contribution in [0.25, 0.3) is 11.1 Å². The number of aromatic nitrogens is 1. The van der Waals surface area contributed by atoms with Gasteiger partial charge in [-0.25, -0.2) is 4.79 Å². The third-order valence-corrected chi connectivity index (χ3v) is 4.30. The molecule has 6 heteroatoms. The van der Waals surface area contributed by atoms with E-state index in [1.54, 1.807) is 17.0 Å². The summed E-state index contributed by atoms with van der Waals surface area (Å²) in [5, 5.41) is 0. The van der Waals surface area contributed by atoms with Gasteiger partial charge in [0.2, 0.25) is 0 Å². The minimum absolute atomic E-state index is 0.0260. The van der Waals surface area contributed by atoms with Crippen LogP contribution in [0.3, 0.4) is 0 Å². The molecule has 1 aromatic heterocycles. The molecule has 0 unspecified atom stereocenters. The number of carbonyl (C=O) groups excluding carboxylic acids is 1. The number of halogens is 1. The fraction of sp³-hybridized carbons (Fsp3) is 0.125. The standard InChI is InChI=1S/C16H11BrN2O3/c17-11-2-3-12-10(6-11)8-19(15(12)20)7-9-1-4-13-14(5-9)22-16(21)18-13/h1-6H,7-8H2,(H,18,21). The van der Waals surface area contributed by atoms with Crippen molar-refractivity contribution >= 4 is 32.9 Å². The van der Waals surface area contributed by atoms with Crippen molar-refractivity contribution in [3.05, 3.63) is 68.1 Å². The Morgan fingerprint density at radius 3 is 2.91 bits per heavy atom. The molecule has 2 heterocycles. The molecule has 0 aliphatic carbocycles. The van der Waals surface area contributed by atoms with Crippen LogP contribution < -0.4 is 5.76 Å². The lowest BCUT2D eigenvalue weighted by molar-refractivity contribution is 0.0766. The van der Waals surface area contributed by atoms with Gasteiger partial charge in [0.25, 0.3) is 5.91 Å². The van der Waals surface area contributed by atoms with Crippen LogP contribution in [0.2, 0.25) is 0 Å². The Morgan fingerprint density at radius 1 is 1.18 bits per heavy atom. The highest BCUT2D eigenvalue weighted by Crippen LogP contribution is 2.27. The SMILES string of the molecule is O=C1c2ccc(Br)cc2CN1Cc1ccc2[nH]c(=O)oc2c1. The zero-order valence-electron chi connectivity index (χ0n) is 11.4. The summed E-state index contributed by atoms with van der Waals surface area (Å²) in [6.07, 6.45) is 0. The topological polar surface area (TPSA) is 66.3 Å². The number of fused-ring (bicyclic) bond motifs is 2. The highest BCUT2D eigenvalue weighted by atomic mass is 79.9. The minimum atomic E-state index is -0.471. The lowest BCUT2D eigenvalue weighted by Crippen LogP contribution is -2.23. The van der Waals surface area contributed by atoms with Crippen LogP contribution in [-0.4, -0.2) is 15.8 Å². The highest BCUT2D eigenvalue weighted by molar-refractivity contribution is 9.10. The molecule has 1 aliphatic rings. The third kappa shape index (κ3) is 2.16. The summed E-state index contributed by atoms with van der Waals surface area (Å²) in [7, 11) is 0. The zero-order chi connectivity index (χ0) is 15.3. The van der Waals surface area contributed by atoms with Crippen LogP contribution in [-0.2, 0) is 13.1 Å². The van der Waals surface area contributed by atoms with Crippen molar-refractivity contribution in [2.24, 2.45) is 0 Å². The van der Waals surface area contributed by atoms with Crippen LogP contribution in [0.15, 0.2) is 50.1 Å². The van der Waals surface area contributed by atoms with Crippen LogP contribution in [0.1, 0.15) is 21.5 Å². The van der Waals surface area contributed by atoms with Gasteiger partial charge in [0.1, 0.15) is 0 Å². The Balaban J connectivity index is 1.63. The van der Waals surface area contributed by atoms with Gasteiger partial charge in [-0.3, -0.25) is 9.78 Å². The average Bonchev–Trinajstić information content (AvgIpc) is 2.98. The molecule has 0 saturated carbocycles. The number of H-pyrrole nitrogens is 1. The third-order valence-electron chi connectivity index (χ3n) is 3.80. The van der Waals surface area contributed by atoms with Crippen LogP contribution in [0.4, 0.5) is 0 Å². The maximum atomic E-state index is 12.4. The first kappa shape index (κ1) is 13.3. The number of hydrogen-bond donors (Lipinski definition) is 1. The van der Waals surface area contributed by atoms with Crippen molar-refractivity contribution in [2.75, 3.05) is 0 Å². The van der Waals surface area contributed by atoms with Crippen molar-refractivity contribution in [3.63, 3.8) is 0 Å². The van der Waals surface area contributed by atoms with E-state index < -0.39 is 5.76 Å². The van der Waals surface area contributed by atoms with Gasteiger partial charge >= 0.3 is 5.76 Å². The van der Waals surface area contributed by atoms with Gasteiger partial charge in [-0.15, -0.1) is 0 Å². The molecule has 1 amide bonds. The summed E-state index contributed by atoms with van der Waals surface area (Å²) < 4.78 is 6.03. The number of hydrogen-bond acceptors (Lipinski definition) is 3. The molecule has 0 spiro atoms. The van der Waals surface area contributed by atoms with E-state index >= 15 is 0 Å². The zero-order valence-corrected chi connectivity index (χ0v) is 13.0. The largest absolute Gasteiger partial charge is 0.417 e. The number of nitrogens with zero attached hydrogens (tertiary/aromatic N) is 1. The number of nitrogens with one attached hydrogen (secondary N) is 1. The lowest BCUT2D eigenvalue weighted by atomic mass is 10.1. The predicted octanol–water partition coefficient (Wildman–Crippen LogP) is 3.04. The van der Waals surface area contributed by atoms with Gasteiger partial charge in [-0.05, 0) is 41.5 Å². The monoisotopic (exact) mass is 358 g/mol. The van der Waals surface area contributed by atoms with E-state index in [4.69, 9.17) is 4.42 Å². The lowest BCUT2D eigenvalue weighted by Gasteiger charge is -2.15. The van der Waals surface area contributed by atoms with Crippen LogP contribution >= 0.6 is 15.9 Å². The quantitative estimate of drug-likeness (QED) is 0.765. The first-order valence-corrected chi connectivity index (χ1v) is 7.59. The Morgan fingerprint density at radius 2 is 2.05 bits per heavy atom. The van der Waals surface area contributed by atoms with Crippen molar-refractivity contribution in [2.45, 2.75) is 13.1 Å². The number of oxazole rings is 1. The molecule has 0 bridgehead atoms. The first-order valence-electron chi connectivity index (χ1n) is 6.79. The predicted molar refractivity (Wildman–Crippen MR) is 84.6 cm³/mol. The maximum absolute atomic E-state index is 12.4. The average molecular weight is 359 g/mol. The van der Waals surface area contributed by atoms with Crippen molar-refractivity contribution in [3.8, 4) is 0 Å². The molecule has 5 nitrogen and oxygen atoms in total. The van der Waals surface area contributed by atoms with Crippen molar-refractivity contribution in [1.29, 1.82) is 0 Å². The first-order chi connectivity index (χ1) is 10.6. The second-order valence-corrected chi connectivity index (χ2v) is 6.22. The minimum Gasteiger partial charge on any atom is -0.408 e. The number of carbonyl (C=O) groups is 1. The molecule has 1 N–H and O–H groups in total. The molecule has 2 aromatic carbocycles. The van der Waals surface area contributed by atoms with E-state index in [2.05, 4.69) is 20.9 Å². The van der Waals surface area contributed by atoms with Crippen LogP contribution in [0.5, 0.6) is 0 Å². The Bertz CT molecular complexity index is 957. The summed E-state index contributed by atoms with van der Waals surface area (Å²) in [5.74, 6) is -0.445. The van der Waals surface area contributed by atoms with Crippen molar-refractivity contribution in [1.82, 2.24) is 9.88 Å². The van der Waals surface area contributed by atoms with E-state index in [-0.39, 0.29) is 5.91 Å². The maximum Gasteiger partial charge on any atom is 0.417 e. The molecule has 3 aromatic rings. The molecular formula is C16H11BrN2O3. The molecule has 110 valence electrons. The second kappa shape index (κ2) is 4.84. The summed E-state index contributed by atoms with van der Waals surface area (Å²) in [4.78, 5) is 28.0. The summed E-state index contributed by atoms with van der Waals surface area (Å²) in [6, 6.07) is 11.2. The number of benzene rings is 2. The van der Waals surface area contributed by atoms with E-state index in [9.17, 15) is 9.59 Å². The fourth-order valence-corrected chi connectivity index (χ4v) is 3.19. The Labute approximate surface area is 133 Å². The Kier molecular flexibility index (Phi) is 2.94. The molecule has 0 atom stereocenters. The summed E-state index contributed by atoms with van der Waals surface area (Å²) in [6.45, 7) is 1.07. The fourth-order valence-electron chi connectivity index (χ4n) is 2.79. The molecule has 1 aliphatic heterocycles. The number of rotatable bonds is 2. The smallest absolute Gasteiger partial charge is 0.408 e. The molecule has 0 radical (unpaired) electrons. The van der Waals surface area contributed by atoms with Gasteiger partial charge in [0, 0.05) is 23.1 Å². The second-order valence-electron chi connectivity index (χ2n) is 5.31. The van der Waals surface area contributed by atoms with E-state index in [1.807, 2.05) is 24.3 Å². The van der Waals surface area contributed by atoms with Crippen LogP contribution in [0, 0.1) is 0 Å². The van der Waals surface area contributed by atoms with Crippen molar-refractivity contribution < 1.29 is 9.21 Å². The van der Waals surface area contributed by atoms with Gasteiger partial charge in [0.15, 0.2) is 5.58 Å². The van der Waals surface area contributed by atoms with Gasteiger partial charge in [0.05, 0.1) is 5.52 Å². The summed E-state index contributed by atoms with van der Waals surface area (Å²) in [5.41, 5.74) is 3.87. The highest BCUT2D eigenvalue weighted by Gasteiger charge is 2.27. The van der Waals surface area contributed by atoms with E-state index in [0.717, 1.165) is 21.2 Å². The van der Waals surface area contributed by atoms with E-state index in [1.165, 1.54) is 0 Å². The summed E-state index contributed by atoms with van der Waals surface area (Å²) >= 11 is 3.43. The Hall–Kier alpha value is -2.34. The van der Waals surface area contributed by atoms with E-state index in [0.29, 0.717) is 24.2 Å². The number of amides is 1. The van der Waals surface area contributed by atoms with Gasteiger partial charge in [-0.1, -0.05) is 22.0 Å².